The number of nitrogens with zero attached hydrogens (tertiary/aromatic N) is 3. The minimum absolute atomic E-state index is 0.0849. The van der Waals surface area contributed by atoms with E-state index in [-0.39, 0.29) is 17.9 Å². The molecule has 0 radical (unpaired) electrons. The van der Waals surface area contributed by atoms with E-state index in [1.54, 1.807) is 11.9 Å². The predicted octanol–water partition coefficient (Wildman–Crippen LogP) is 2.75. The number of amides is 3. The van der Waals surface area contributed by atoms with Crippen molar-refractivity contribution in [2.75, 3.05) is 25.5 Å². The molecule has 2 fully saturated rings. The predicted molar refractivity (Wildman–Crippen MR) is 101 cm³/mol. The molecule has 4 rings (SSSR count). The Labute approximate surface area is 154 Å². The molecule has 138 valence electrons. The second-order valence-corrected chi connectivity index (χ2v) is 7.74. The van der Waals surface area contributed by atoms with Crippen LogP contribution in [0.3, 0.4) is 0 Å². The van der Waals surface area contributed by atoms with E-state index in [4.69, 9.17) is 4.99 Å². The summed E-state index contributed by atoms with van der Waals surface area (Å²) in [5, 5.41) is 2.99. The van der Waals surface area contributed by atoms with Gasteiger partial charge < -0.3 is 15.1 Å². The van der Waals surface area contributed by atoms with Crippen LogP contribution >= 0.6 is 0 Å². The van der Waals surface area contributed by atoms with Crippen LogP contribution in [0.4, 0.5) is 10.5 Å². The number of carbonyl (C=O) groups is 2. The van der Waals surface area contributed by atoms with E-state index in [9.17, 15) is 9.59 Å². The molecule has 1 saturated heterocycles. The largest absolute Gasteiger partial charge is 0.324 e. The molecule has 1 spiro atoms. The fourth-order valence-corrected chi connectivity index (χ4v) is 4.74. The van der Waals surface area contributed by atoms with Crippen molar-refractivity contribution in [3.8, 4) is 0 Å². The summed E-state index contributed by atoms with van der Waals surface area (Å²) in [5.74, 6) is 1.37. The molecule has 0 bridgehead atoms. The fraction of sp³-hybridized carbons (Fsp3) is 0.550. The Bertz CT molecular complexity index is 773. The van der Waals surface area contributed by atoms with E-state index in [0.717, 1.165) is 30.8 Å². The van der Waals surface area contributed by atoms with Crippen LogP contribution in [-0.4, -0.2) is 53.2 Å². The average molecular weight is 354 g/mol. The summed E-state index contributed by atoms with van der Waals surface area (Å²) in [6.07, 6.45) is 2.74. The first-order valence-electron chi connectivity index (χ1n) is 9.44. The Balaban J connectivity index is 1.46. The smallest absolute Gasteiger partial charge is 0.321 e. The quantitative estimate of drug-likeness (QED) is 0.887. The second kappa shape index (κ2) is 6.11. The number of likely N-dealkylation sites (N-methyl/N-ethyl adjacent to an activating group) is 1. The molecule has 1 saturated carbocycles. The Morgan fingerprint density at radius 1 is 1.31 bits per heavy atom. The average Bonchev–Trinajstić information content (AvgIpc) is 3.27. The van der Waals surface area contributed by atoms with Crippen LogP contribution < -0.4 is 5.32 Å². The van der Waals surface area contributed by atoms with Gasteiger partial charge in [-0.3, -0.25) is 9.79 Å². The number of hydrogen-bond donors (Lipinski definition) is 1. The molecule has 3 aliphatic rings. The molecule has 3 amide bonds. The molecule has 0 unspecified atom stereocenters. The normalized spacial score (nSPS) is 30.1. The molecule has 2 heterocycles. The van der Waals surface area contributed by atoms with Gasteiger partial charge in [-0.15, -0.1) is 0 Å². The van der Waals surface area contributed by atoms with E-state index in [0.29, 0.717) is 19.0 Å². The lowest BCUT2D eigenvalue weighted by atomic mass is 9.85. The maximum Gasteiger partial charge on any atom is 0.321 e. The van der Waals surface area contributed by atoms with Crippen molar-refractivity contribution in [2.45, 2.75) is 38.6 Å². The molecule has 1 N–H and O–H groups in total. The standard InChI is InChI=1S/C20H26N4O2/c1-4-14-5-7-16(8-6-14)21-19(26)24-11-15-9-10-20(17(15)12-24)18(25)23(3)13(2)22-20/h5-8,15,17H,4,9-12H2,1-3H3,(H,21,26)/t15-,17+,20-/m0/s1. The first kappa shape index (κ1) is 17.1. The third kappa shape index (κ3) is 2.50. The molecule has 3 atom stereocenters. The second-order valence-electron chi connectivity index (χ2n) is 7.74. The van der Waals surface area contributed by atoms with Gasteiger partial charge in [0.05, 0.1) is 0 Å². The molecule has 1 aromatic rings. The van der Waals surface area contributed by atoms with Crippen LogP contribution in [0.15, 0.2) is 29.3 Å². The highest BCUT2D eigenvalue weighted by atomic mass is 16.2. The highest BCUT2D eigenvalue weighted by Crippen LogP contribution is 2.50. The molecule has 1 aromatic carbocycles. The summed E-state index contributed by atoms with van der Waals surface area (Å²) in [6, 6.07) is 7.87. The van der Waals surface area contributed by atoms with Gasteiger partial charge in [-0.05, 0) is 49.8 Å². The van der Waals surface area contributed by atoms with Gasteiger partial charge in [0.2, 0.25) is 0 Å². The number of urea groups is 1. The number of fused-ring (bicyclic) bond motifs is 2. The lowest BCUT2D eigenvalue weighted by Gasteiger charge is -2.27. The number of nitrogens with one attached hydrogen (secondary N) is 1. The zero-order valence-corrected chi connectivity index (χ0v) is 15.7. The van der Waals surface area contributed by atoms with Crippen molar-refractivity contribution in [2.24, 2.45) is 16.8 Å². The number of likely N-dealkylation sites (tertiary alicyclic amines) is 1. The van der Waals surface area contributed by atoms with E-state index in [2.05, 4.69) is 12.2 Å². The number of aliphatic imine (C=N–C) groups is 1. The number of hydrogen-bond acceptors (Lipinski definition) is 3. The van der Waals surface area contributed by atoms with Gasteiger partial charge in [0.1, 0.15) is 11.4 Å². The highest BCUT2D eigenvalue weighted by Gasteiger charge is 2.60. The molecular formula is C20H26N4O2. The topological polar surface area (TPSA) is 65.0 Å². The number of amidine groups is 1. The number of rotatable bonds is 2. The summed E-state index contributed by atoms with van der Waals surface area (Å²) >= 11 is 0. The summed E-state index contributed by atoms with van der Waals surface area (Å²) < 4.78 is 0. The lowest BCUT2D eigenvalue weighted by molar-refractivity contribution is -0.131. The van der Waals surface area contributed by atoms with Crippen LogP contribution in [0, 0.1) is 11.8 Å². The van der Waals surface area contributed by atoms with Crippen molar-refractivity contribution < 1.29 is 9.59 Å². The van der Waals surface area contributed by atoms with Crippen molar-refractivity contribution in [1.29, 1.82) is 0 Å². The van der Waals surface area contributed by atoms with Crippen molar-refractivity contribution in [3.05, 3.63) is 29.8 Å². The third-order valence-corrected chi connectivity index (χ3v) is 6.37. The first-order valence-corrected chi connectivity index (χ1v) is 9.44. The van der Waals surface area contributed by atoms with E-state index in [1.807, 2.05) is 36.1 Å². The van der Waals surface area contributed by atoms with Gasteiger partial charge in [-0.1, -0.05) is 19.1 Å². The van der Waals surface area contributed by atoms with E-state index < -0.39 is 5.54 Å². The van der Waals surface area contributed by atoms with Crippen LogP contribution in [-0.2, 0) is 11.2 Å². The van der Waals surface area contributed by atoms with Gasteiger partial charge >= 0.3 is 6.03 Å². The third-order valence-electron chi connectivity index (χ3n) is 6.37. The van der Waals surface area contributed by atoms with Crippen LogP contribution in [0.2, 0.25) is 0 Å². The fourth-order valence-electron chi connectivity index (χ4n) is 4.74. The maximum absolute atomic E-state index is 12.8. The maximum atomic E-state index is 12.8. The minimum Gasteiger partial charge on any atom is -0.324 e. The summed E-state index contributed by atoms with van der Waals surface area (Å²) in [4.78, 5) is 33.8. The number of aryl methyl sites for hydroxylation is 1. The first-order chi connectivity index (χ1) is 12.4. The minimum atomic E-state index is -0.638. The van der Waals surface area contributed by atoms with Gasteiger partial charge in [-0.25, -0.2) is 4.79 Å². The van der Waals surface area contributed by atoms with E-state index in [1.165, 1.54) is 5.56 Å². The van der Waals surface area contributed by atoms with Gasteiger partial charge in [0.25, 0.3) is 5.91 Å². The molecule has 26 heavy (non-hydrogen) atoms. The zero-order valence-electron chi connectivity index (χ0n) is 15.7. The summed E-state index contributed by atoms with van der Waals surface area (Å²) in [5.41, 5.74) is 1.42. The Hall–Kier alpha value is -2.37. The monoisotopic (exact) mass is 354 g/mol. The van der Waals surface area contributed by atoms with Crippen molar-refractivity contribution in [3.63, 3.8) is 0 Å². The summed E-state index contributed by atoms with van der Waals surface area (Å²) in [6.45, 7) is 5.30. The van der Waals surface area contributed by atoms with Gasteiger partial charge in [-0.2, -0.15) is 0 Å². The van der Waals surface area contributed by atoms with E-state index >= 15 is 0 Å². The zero-order chi connectivity index (χ0) is 18.5. The van der Waals surface area contributed by atoms with Crippen molar-refractivity contribution in [1.82, 2.24) is 9.80 Å². The van der Waals surface area contributed by atoms with Crippen LogP contribution in [0.5, 0.6) is 0 Å². The van der Waals surface area contributed by atoms with Crippen LogP contribution in [0.1, 0.15) is 32.3 Å². The molecule has 2 aliphatic heterocycles. The number of carbonyl (C=O) groups excluding carboxylic acids is 2. The van der Waals surface area contributed by atoms with Crippen LogP contribution in [0.25, 0.3) is 0 Å². The molecular weight excluding hydrogens is 328 g/mol. The van der Waals surface area contributed by atoms with Gasteiger partial charge in [0, 0.05) is 31.7 Å². The Morgan fingerprint density at radius 3 is 2.65 bits per heavy atom. The van der Waals surface area contributed by atoms with Crippen molar-refractivity contribution >= 4 is 23.5 Å². The highest BCUT2D eigenvalue weighted by molar-refractivity contribution is 6.07. The molecule has 1 aliphatic carbocycles. The Morgan fingerprint density at radius 2 is 2.04 bits per heavy atom. The number of anilines is 1. The number of benzene rings is 1. The molecule has 6 heteroatoms. The lowest BCUT2D eigenvalue weighted by Crippen LogP contribution is -2.46. The molecule has 6 nitrogen and oxygen atoms in total. The summed E-state index contributed by atoms with van der Waals surface area (Å²) in [7, 11) is 1.79. The van der Waals surface area contributed by atoms with Gasteiger partial charge in [0.15, 0.2) is 0 Å². The SMILES string of the molecule is CCc1ccc(NC(=O)N2C[C@@H]3CC[C@]4(N=C(C)N(C)C4=O)[C@@H]3C2)cc1. The Kier molecular flexibility index (Phi) is 4.01. The molecule has 0 aromatic heterocycles.